The molecule has 1 aromatic carbocycles. The number of aromatic nitrogens is 1. The summed E-state index contributed by atoms with van der Waals surface area (Å²) >= 11 is 5.76. The first-order chi connectivity index (χ1) is 11.9. The topological polar surface area (TPSA) is 68.2 Å². The smallest absolute Gasteiger partial charge is 0.396 e. The lowest BCUT2D eigenvalue weighted by Crippen LogP contribution is -2.26. The van der Waals surface area contributed by atoms with Crippen molar-refractivity contribution < 1.29 is 26.3 Å². The van der Waals surface area contributed by atoms with Crippen LogP contribution in [0.5, 0.6) is 0 Å². The first-order valence-corrected chi connectivity index (χ1v) is 7.19. The van der Waals surface area contributed by atoms with Gasteiger partial charge in [-0.2, -0.15) is 26.3 Å². The molecular formula is C15H11ClF6N4. The normalized spacial score (nSPS) is 13.0. The number of alkyl halides is 6. The highest BCUT2D eigenvalue weighted by Crippen LogP contribution is 2.32. The number of pyridine rings is 1. The Kier molecular flexibility index (Phi) is 5.38. The highest BCUT2D eigenvalue weighted by atomic mass is 35.5. The largest absolute Gasteiger partial charge is 0.417 e. The van der Waals surface area contributed by atoms with E-state index in [1.807, 2.05) is 0 Å². The average Bonchev–Trinajstić information content (AvgIpc) is 2.53. The number of hydrazine groups is 1. The van der Waals surface area contributed by atoms with Crippen LogP contribution in [0.2, 0.25) is 5.02 Å². The van der Waals surface area contributed by atoms with Crippen LogP contribution >= 0.6 is 11.6 Å². The van der Waals surface area contributed by atoms with Crippen LogP contribution in [0.25, 0.3) is 5.70 Å². The van der Waals surface area contributed by atoms with E-state index >= 15 is 0 Å². The third-order valence-corrected chi connectivity index (χ3v) is 3.50. The number of halogens is 7. The van der Waals surface area contributed by atoms with Gasteiger partial charge in [0.1, 0.15) is 5.69 Å². The Morgan fingerprint density at radius 3 is 2.00 bits per heavy atom. The van der Waals surface area contributed by atoms with Crippen molar-refractivity contribution in [3.8, 4) is 0 Å². The van der Waals surface area contributed by atoms with E-state index in [-0.39, 0.29) is 22.1 Å². The fraction of sp³-hybridized carbons (Fsp3) is 0.133. The Morgan fingerprint density at radius 2 is 1.54 bits per heavy atom. The molecule has 0 saturated carbocycles. The van der Waals surface area contributed by atoms with Gasteiger partial charge >= 0.3 is 12.4 Å². The number of nitrogens with two attached hydrogens (primary N) is 2. The molecule has 0 bridgehead atoms. The minimum atomic E-state index is -4.62. The standard InChI is InChI=1S/C15H11ClF6N4/c16-11-5-9(15(20,21)22)6-25-13(11)12(23)7-26(24)10-3-1-8(2-4-10)14(17,18)19/h1-7H,23-24H2/b12-7-. The van der Waals surface area contributed by atoms with Crippen LogP contribution in [0.4, 0.5) is 32.0 Å². The molecule has 140 valence electrons. The molecule has 0 aliphatic heterocycles. The van der Waals surface area contributed by atoms with Crippen molar-refractivity contribution in [3.63, 3.8) is 0 Å². The average molecular weight is 397 g/mol. The first-order valence-electron chi connectivity index (χ1n) is 6.81. The molecule has 0 aliphatic rings. The van der Waals surface area contributed by atoms with Crippen LogP contribution < -0.4 is 16.6 Å². The highest BCUT2D eigenvalue weighted by Gasteiger charge is 2.32. The maximum absolute atomic E-state index is 12.6. The summed E-state index contributed by atoms with van der Waals surface area (Å²) in [6, 6.07) is 4.51. The Labute approximate surface area is 148 Å². The molecule has 0 unspecified atom stereocenters. The van der Waals surface area contributed by atoms with E-state index in [4.69, 9.17) is 23.2 Å². The fourth-order valence-electron chi connectivity index (χ4n) is 1.91. The lowest BCUT2D eigenvalue weighted by molar-refractivity contribution is -0.138. The van der Waals surface area contributed by atoms with E-state index < -0.39 is 23.5 Å². The molecule has 4 N–H and O–H groups in total. The summed E-state index contributed by atoms with van der Waals surface area (Å²) in [5, 5.41) is 0.542. The van der Waals surface area contributed by atoms with Crippen molar-refractivity contribution in [2.24, 2.45) is 11.6 Å². The molecule has 0 fully saturated rings. The zero-order chi connectivity index (χ0) is 19.7. The van der Waals surface area contributed by atoms with Gasteiger partial charge in [0, 0.05) is 12.4 Å². The van der Waals surface area contributed by atoms with E-state index in [1.165, 1.54) is 0 Å². The second kappa shape index (κ2) is 7.04. The molecule has 0 spiro atoms. The number of hydrogen-bond donors (Lipinski definition) is 2. The molecule has 26 heavy (non-hydrogen) atoms. The first kappa shape index (κ1) is 19.9. The van der Waals surface area contributed by atoms with Gasteiger partial charge in [-0.15, -0.1) is 0 Å². The van der Waals surface area contributed by atoms with Crippen LogP contribution in [0.15, 0.2) is 42.7 Å². The summed E-state index contributed by atoms with van der Waals surface area (Å²) in [7, 11) is 0. The molecule has 1 heterocycles. The van der Waals surface area contributed by atoms with Crippen molar-refractivity contribution in [1.82, 2.24) is 4.98 Å². The van der Waals surface area contributed by atoms with Crippen LogP contribution in [0.1, 0.15) is 16.8 Å². The maximum Gasteiger partial charge on any atom is 0.417 e. The van der Waals surface area contributed by atoms with Crippen LogP contribution in [0, 0.1) is 0 Å². The molecule has 0 aliphatic carbocycles. The van der Waals surface area contributed by atoms with E-state index in [0.717, 1.165) is 35.5 Å². The lowest BCUT2D eigenvalue weighted by Gasteiger charge is -2.16. The molecular weight excluding hydrogens is 386 g/mol. The van der Waals surface area contributed by atoms with E-state index in [1.54, 1.807) is 0 Å². The molecule has 11 heteroatoms. The van der Waals surface area contributed by atoms with Crippen LogP contribution in [-0.2, 0) is 12.4 Å². The monoisotopic (exact) mass is 396 g/mol. The van der Waals surface area contributed by atoms with E-state index in [2.05, 4.69) is 4.98 Å². The number of anilines is 1. The molecule has 4 nitrogen and oxygen atoms in total. The third-order valence-electron chi connectivity index (χ3n) is 3.21. The van der Waals surface area contributed by atoms with Crippen molar-refractivity contribution in [2.75, 3.05) is 5.01 Å². The van der Waals surface area contributed by atoms with Crippen molar-refractivity contribution in [2.45, 2.75) is 12.4 Å². The maximum atomic E-state index is 12.6. The number of hydrogen-bond acceptors (Lipinski definition) is 4. The number of nitrogens with zero attached hydrogens (tertiary/aromatic N) is 2. The third kappa shape index (κ3) is 4.58. The van der Waals surface area contributed by atoms with Gasteiger partial charge in [-0.3, -0.25) is 9.99 Å². The molecule has 2 aromatic rings. The summed E-state index contributed by atoms with van der Waals surface area (Å²) in [5.41, 5.74) is 3.64. The van der Waals surface area contributed by atoms with Gasteiger partial charge < -0.3 is 5.73 Å². The van der Waals surface area contributed by atoms with E-state index in [9.17, 15) is 26.3 Å². The van der Waals surface area contributed by atoms with Crippen LogP contribution in [-0.4, -0.2) is 4.98 Å². The molecule has 1 aromatic heterocycles. The zero-order valence-corrected chi connectivity index (χ0v) is 13.5. The molecule has 0 amide bonds. The SMILES string of the molecule is N/C(=C\N(N)c1ccc(C(F)(F)F)cc1)c1ncc(C(F)(F)F)cc1Cl. The summed E-state index contributed by atoms with van der Waals surface area (Å²) in [4.78, 5) is 3.56. The second-order valence-electron chi connectivity index (χ2n) is 5.09. The molecule has 0 atom stereocenters. The van der Waals surface area contributed by atoms with Gasteiger partial charge in [-0.1, -0.05) is 11.6 Å². The molecule has 0 saturated heterocycles. The Bertz CT molecular complexity index is 814. The van der Waals surface area contributed by atoms with E-state index in [0.29, 0.717) is 12.3 Å². The quantitative estimate of drug-likeness (QED) is 0.458. The number of rotatable bonds is 3. The van der Waals surface area contributed by atoms with Gasteiger partial charge in [0.25, 0.3) is 0 Å². The van der Waals surface area contributed by atoms with Crippen molar-refractivity contribution in [1.29, 1.82) is 0 Å². The minimum Gasteiger partial charge on any atom is -0.396 e. The van der Waals surface area contributed by atoms with Crippen molar-refractivity contribution in [3.05, 3.63) is 64.6 Å². The minimum absolute atomic E-state index is 0.151. The van der Waals surface area contributed by atoms with Gasteiger partial charge in [-0.05, 0) is 30.3 Å². The summed E-state index contributed by atoms with van der Waals surface area (Å²) < 4.78 is 75.4. The summed E-state index contributed by atoms with van der Waals surface area (Å²) in [5.74, 6) is 5.69. The highest BCUT2D eigenvalue weighted by molar-refractivity contribution is 6.32. The predicted octanol–water partition coefficient (Wildman–Crippen LogP) is 4.41. The Hall–Kier alpha value is -2.46. The van der Waals surface area contributed by atoms with Gasteiger partial charge in [0.2, 0.25) is 0 Å². The van der Waals surface area contributed by atoms with Gasteiger partial charge in [0.15, 0.2) is 0 Å². The summed E-state index contributed by atoms with van der Waals surface area (Å²) in [6.07, 6.45) is -7.48. The molecule has 2 rings (SSSR count). The molecule has 0 radical (unpaired) electrons. The Balaban J connectivity index is 2.26. The van der Waals surface area contributed by atoms with Gasteiger partial charge in [0.05, 0.1) is 27.5 Å². The van der Waals surface area contributed by atoms with Crippen molar-refractivity contribution >= 4 is 23.0 Å². The summed E-state index contributed by atoms with van der Waals surface area (Å²) in [6.45, 7) is 0. The lowest BCUT2D eigenvalue weighted by atomic mass is 10.2. The zero-order valence-electron chi connectivity index (χ0n) is 12.7. The Morgan fingerprint density at radius 1 is 1.00 bits per heavy atom. The number of benzene rings is 1. The van der Waals surface area contributed by atoms with Crippen LogP contribution in [0.3, 0.4) is 0 Å². The fourth-order valence-corrected chi connectivity index (χ4v) is 2.19. The second-order valence-corrected chi connectivity index (χ2v) is 5.50. The van der Waals surface area contributed by atoms with Gasteiger partial charge in [-0.25, -0.2) is 5.84 Å². The predicted molar refractivity (Wildman–Crippen MR) is 84.5 cm³/mol.